The Morgan fingerprint density at radius 1 is 1.07 bits per heavy atom. The molecule has 2 aliphatic rings. The van der Waals surface area contributed by atoms with Crippen LogP contribution in [0.5, 0.6) is 0 Å². The van der Waals surface area contributed by atoms with Crippen molar-refractivity contribution in [3.63, 3.8) is 0 Å². The van der Waals surface area contributed by atoms with Crippen molar-refractivity contribution in [2.24, 2.45) is 5.92 Å². The highest BCUT2D eigenvalue weighted by Crippen LogP contribution is 2.39. The molecule has 4 heterocycles. The Bertz CT molecular complexity index is 1090. The molecule has 2 fully saturated rings. The van der Waals surface area contributed by atoms with Crippen molar-refractivity contribution >= 4 is 32.5 Å². The average Bonchev–Trinajstić information content (AvgIpc) is 3.11. The lowest BCUT2D eigenvalue weighted by Crippen LogP contribution is -2.46. The SMILES string of the molecule is Cc1cc(C)c2nc(N3CC(c4nccnc4N4CCC(C#N)CC4)C3)sc2c1. The van der Waals surface area contributed by atoms with Crippen molar-refractivity contribution in [1.82, 2.24) is 15.0 Å². The Kier molecular flexibility index (Phi) is 4.59. The second-order valence-corrected chi connectivity index (χ2v) is 9.19. The van der Waals surface area contributed by atoms with Crippen molar-refractivity contribution in [2.45, 2.75) is 32.6 Å². The lowest BCUT2D eigenvalue weighted by molar-refractivity contribution is 0.474. The molecule has 7 heteroatoms. The fourth-order valence-electron chi connectivity index (χ4n) is 4.40. The average molecular weight is 405 g/mol. The molecule has 0 atom stereocenters. The summed E-state index contributed by atoms with van der Waals surface area (Å²) in [6.45, 7) is 7.91. The zero-order valence-electron chi connectivity index (χ0n) is 16.8. The van der Waals surface area contributed by atoms with E-state index in [0.717, 1.165) is 61.2 Å². The molecule has 0 spiro atoms. The Morgan fingerprint density at radius 2 is 1.83 bits per heavy atom. The van der Waals surface area contributed by atoms with Gasteiger partial charge in [-0.25, -0.2) is 9.97 Å². The van der Waals surface area contributed by atoms with Crippen LogP contribution in [0.4, 0.5) is 10.9 Å². The highest BCUT2D eigenvalue weighted by Gasteiger charge is 2.35. The molecule has 2 aromatic heterocycles. The maximum atomic E-state index is 9.15. The largest absolute Gasteiger partial charge is 0.355 e. The van der Waals surface area contributed by atoms with Gasteiger partial charge in [-0.2, -0.15) is 5.26 Å². The molecule has 0 saturated carbocycles. The minimum absolute atomic E-state index is 0.177. The summed E-state index contributed by atoms with van der Waals surface area (Å²) in [5.74, 6) is 1.56. The molecular weight excluding hydrogens is 380 g/mol. The Morgan fingerprint density at radius 3 is 2.59 bits per heavy atom. The van der Waals surface area contributed by atoms with Crippen LogP contribution in [0.3, 0.4) is 0 Å². The highest BCUT2D eigenvalue weighted by atomic mass is 32.1. The van der Waals surface area contributed by atoms with Gasteiger partial charge in [0.2, 0.25) is 0 Å². The number of nitriles is 1. The van der Waals surface area contributed by atoms with Gasteiger partial charge in [0.25, 0.3) is 0 Å². The Balaban J connectivity index is 1.33. The molecule has 148 valence electrons. The predicted octanol–water partition coefficient (Wildman–Crippen LogP) is 4.05. The summed E-state index contributed by atoms with van der Waals surface area (Å²) in [5.41, 5.74) is 4.75. The molecule has 0 aliphatic carbocycles. The molecule has 0 radical (unpaired) electrons. The lowest BCUT2D eigenvalue weighted by atomic mass is 9.94. The summed E-state index contributed by atoms with van der Waals surface area (Å²) in [6, 6.07) is 6.83. The minimum atomic E-state index is 0.177. The topological polar surface area (TPSA) is 68.9 Å². The van der Waals surface area contributed by atoms with Gasteiger partial charge in [0.05, 0.1) is 22.0 Å². The summed E-state index contributed by atoms with van der Waals surface area (Å²) in [5, 5.41) is 10.3. The Hall–Kier alpha value is -2.72. The molecule has 29 heavy (non-hydrogen) atoms. The number of thiazole rings is 1. The third-order valence-electron chi connectivity index (χ3n) is 6.04. The van der Waals surface area contributed by atoms with Crippen molar-refractivity contribution in [3.05, 3.63) is 41.3 Å². The zero-order chi connectivity index (χ0) is 20.0. The van der Waals surface area contributed by atoms with Crippen LogP contribution < -0.4 is 9.80 Å². The maximum absolute atomic E-state index is 9.15. The summed E-state index contributed by atoms with van der Waals surface area (Å²) in [4.78, 5) is 18.9. The van der Waals surface area contributed by atoms with Gasteiger partial charge in [0.1, 0.15) is 0 Å². The first kappa shape index (κ1) is 18.3. The van der Waals surface area contributed by atoms with Gasteiger partial charge in [-0.05, 0) is 43.9 Å². The molecule has 6 nitrogen and oxygen atoms in total. The first-order chi connectivity index (χ1) is 14.1. The predicted molar refractivity (Wildman–Crippen MR) is 117 cm³/mol. The number of aryl methyl sites for hydroxylation is 2. The molecule has 0 amide bonds. The number of aromatic nitrogens is 3. The van der Waals surface area contributed by atoms with E-state index in [0.29, 0.717) is 5.92 Å². The third kappa shape index (κ3) is 3.32. The molecular formula is C22H24N6S. The normalized spacial score (nSPS) is 18.1. The van der Waals surface area contributed by atoms with E-state index in [1.165, 1.54) is 15.8 Å². The molecule has 2 saturated heterocycles. The summed E-state index contributed by atoms with van der Waals surface area (Å²) >= 11 is 1.78. The Labute approximate surface area is 174 Å². The molecule has 2 aliphatic heterocycles. The number of hydrogen-bond acceptors (Lipinski definition) is 7. The van der Waals surface area contributed by atoms with E-state index in [9.17, 15) is 0 Å². The molecule has 0 unspecified atom stereocenters. The van der Waals surface area contributed by atoms with Crippen LogP contribution in [-0.4, -0.2) is 41.1 Å². The highest BCUT2D eigenvalue weighted by molar-refractivity contribution is 7.22. The van der Waals surface area contributed by atoms with E-state index in [1.807, 2.05) is 0 Å². The molecule has 0 N–H and O–H groups in total. The van der Waals surface area contributed by atoms with Crippen LogP contribution in [0, 0.1) is 31.1 Å². The van der Waals surface area contributed by atoms with Gasteiger partial charge >= 0.3 is 0 Å². The summed E-state index contributed by atoms with van der Waals surface area (Å²) in [7, 11) is 0. The second kappa shape index (κ2) is 7.27. The number of piperidine rings is 1. The molecule has 1 aromatic carbocycles. The van der Waals surface area contributed by atoms with Crippen molar-refractivity contribution in [1.29, 1.82) is 5.26 Å². The first-order valence-corrected chi connectivity index (χ1v) is 11.0. The summed E-state index contributed by atoms with van der Waals surface area (Å²) < 4.78 is 1.27. The maximum Gasteiger partial charge on any atom is 0.186 e. The molecule has 3 aromatic rings. The van der Waals surface area contributed by atoms with Gasteiger partial charge in [0, 0.05) is 50.4 Å². The second-order valence-electron chi connectivity index (χ2n) is 8.18. The van der Waals surface area contributed by atoms with E-state index in [-0.39, 0.29) is 5.92 Å². The monoisotopic (exact) mass is 404 g/mol. The van der Waals surface area contributed by atoms with Gasteiger partial charge < -0.3 is 9.80 Å². The van der Waals surface area contributed by atoms with E-state index in [2.05, 4.69) is 46.8 Å². The van der Waals surface area contributed by atoms with Crippen LogP contribution in [0.25, 0.3) is 10.2 Å². The molecule has 0 bridgehead atoms. The first-order valence-electron chi connectivity index (χ1n) is 10.2. The van der Waals surface area contributed by atoms with Crippen LogP contribution in [0.1, 0.15) is 35.6 Å². The van der Waals surface area contributed by atoms with E-state index in [4.69, 9.17) is 15.2 Å². The van der Waals surface area contributed by atoms with E-state index >= 15 is 0 Å². The van der Waals surface area contributed by atoms with Crippen LogP contribution in [-0.2, 0) is 0 Å². The zero-order valence-corrected chi connectivity index (χ0v) is 17.6. The van der Waals surface area contributed by atoms with Crippen molar-refractivity contribution < 1.29 is 0 Å². The number of hydrogen-bond donors (Lipinski definition) is 0. The number of nitrogens with zero attached hydrogens (tertiary/aromatic N) is 6. The van der Waals surface area contributed by atoms with Crippen LogP contribution in [0.15, 0.2) is 24.5 Å². The standard InChI is InChI=1S/C22H24N6S/c1-14-9-15(2)19-18(10-14)29-22(26-19)28-12-17(13-28)20-21(25-6-5-24-20)27-7-3-16(11-23)4-8-27/h5-6,9-10,16-17H,3-4,7-8,12-13H2,1-2H3. The summed E-state index contributed by atoms with van der Waals surface area (Å²) in [6.07, 6.45) is 5.40. The van der Waals surface area contributed by atoms with Crippen molar-refractivity contribution in [2.75, 3.05) is 36.0 Å². The van der Waals surface area contributed by atoms with Crippen LogP contribution in [0.2, 0.25) is 0 Å². The smallest absolute Gasteiger partial charge is 0.186 e. The fraction of sp³-hybridized carbons (Fsp3) is 0.455. The number of anilines is 2. The van der Waals surface area contributed by atoms with E-state index < -0.39 is 0 Å². The molecule has 5 rings (SSSR count). The lowest BCUT2D eigenvalue weighted by Gasteiger charge is -2.40. The number of fused-ring (bicyclic) bond motifs is 1. The number of benzene rings is 1. The van der Waals surface area contributed by atoms with Crippen molar-refractivity contribution in [3.8, 4) is 6.07 Å². The third-order valence-corrected chi connectivity index (χ3v) is 7.10. The van der Waals surface area contributed by atoms with Gasteiger partial charge in [-0.1, -0.05) is 17.4 Å². The van der Waals surface area contributed by atoms with Crippen LogP contribution >= 0.6 is 11.3 Å². The quantitative estimate of drug-likeness (QED) is 0.656. The van der Waals surface area contributed by atoms with Gasteiger partial charge in [0.15, 0.2) is 10.9 Å². The van der Waals surface area contributed by atoms with E-state index in [1.54, 1.807) is 23.7 Å². The fourth-order valence-corrected chi connectivity index (χ4v) is 5.56. The van der Waals surface area contributed by atoms with Gasteiger partial charge in [-0.3, -0.25) is 4.98 Å². The van der Waals surface area contributed by atoms with Gasteiger partial charge in [-0.15, -0.1) is 0 Å². The minimum Gasteiger partial charge on any atom is -0.355 e. The number of rotatable bonds is 3.